The lowest BCUT2D eigenvalue weighted by atomic mass is 9.85. The molecule has 1 atom stereocenters. The molecule has 0 spiro atoms. The predicted octanol–water partition coefficient (Wildman–Crippen LogP) is 4.00. The van der Waals surface area contributed by atoms with Crippen molar-refractivity contribution in [2.24, 2.45) is 0 Å². The van der Waals surface area contributed by atoms with Crippen molar-refractivity contribution < 1.29 is 14.4 Å². The Balaban J connectivity index is 1.77. The van der Waals surface area contributed by atoms with Crippen LogP contribution in [0, 0.1) is 0 Å². The second kappa shape index (κ2) is 8.47. The summed E-state index contributed by atoms with van der Waals surface area (Å²) in [5, 5.41) is 5.63. The molecule has 1 saturated heterocycles. The molecule has 1 heterocycles. The molecule has 1 aliphatic heterocycles. The van der Waals surface area contributed by atoms with E-state index in [4.69, 9.17) is 0 Å². The van der Waals surface area contributed by atoms with E-state index in [9.17, 15) is 14.4 Å². The monoisotopic (exact) mass is 393 g/mol. The molecule has 6 heteroatoms. The van der Waals surface area contributed by atoms with E-state index in [0.29, 0.717) is 24.4 Å². The maximum Gasteiger partial charge on any atom is 0.325 e. The van der Waals surface area contributed by atoms with E-state index >= 15 is 0 Å². The second-order valence-electron chi connectivity index (χ2n) is 7.67. The lowest BCUT2D eigenvalue weighted by Gasteiger charge is -2.26. The van der Waals surface area contributed by atoms with Gasteiger partial charge in [0.15, 0.2) is 0 Å². The number of hydrogen-bond acceptors (Lipinski definition) is 3. The second-order valence-corrected chi connectivity index (χ2v) is 7.67. The Morgan fingerprint density at radius 2 is 1.83 bits per heavy atom. The fourth-order valence-corrected chi connectivity index (χ4v) is 3.70. The average Bonchev–Trinajstić information content (AvgIpc) is 2.94. The third-order valence-electron chi connectivity index (χ3n) is 5.21. The molecule has 0 aliphatic carbocycles. The van der Waals surface area contributed by atoms with Crippen LogP contribution in [-0.2, 0) is 15.1 Å². The summed E-state index contributed by atoms with van der Waals surface area (Å²) >= 11 is 0. The summed E-state index contributed by atoms with van der Waals surface area (Å²) in [5.74, 6) is -0.463. The van der Waals surface area contributed by atoms with Gasteiger partial charge in [-0.15, -0.1) is 0 Å². The van der Waals surface area contributed by atoms with Crippen LogP contribution in [0.15, 0.2) is 54.6 Å². The Kier molecular flexibility index (Phi) is 6.01. The van der Waals surface area contributed by atoms with Crippen molar-refractivity contribution in [3.05, 3.63) is 65.7 Å². The third-order valence-corrected chi connectivity index (χ3v) is 5.21. The van der Waals surface area contributed by atoms with Crippen LogP contribution in [0.4, 0.5) is 10.5 Å². The van der Waals surface area contributed by atoms with Crippen LogP contribution < -0.4 is 10.6 Å². The Morgan fingerprint density at radius 1 is 1.10 bits per heavy atom. The van der Waals surface area contributed by atoms with Crippen molar-refractivity contribution in [2.75, 3.05) is 11.9 Å². The Bertz CT molecular complexity index is 911. The number of anilines is 1. The van der Waals surface area contributed by atoms with Crippen LogP contribution in [0.5, 0.6) is 0 Å². The van der Waals surface area contributed by atoms with Gasteiger partial charge < -0.3 is 10.6 Å². The van der Waals surface area contributed by atoms with E-state index < -0.39 is 17.5 Å². The topological polar surface area (TPSA) is 78.5 Å². The molecule has 1 aliphatic rings. The number of urea groups is 1. The first kappa shape index (κ1) is 20.6. The van der Waals surface area contributed by atoms with E-state index in [-0.39, 0.29) is 12.5 Å². The zero-order valence-corrected chi connectivity index (χ0v) is 17.1. The van der Waals surface area contributed by atoms with Crippen LogP contribution in [-0.4, -0.2) is 29.3 Å². The maximum absolute atomic E-state index is 13.2. The summed E-state index contributed by atoms with van der Waals surface area (Å²) < 4.78 is 0. The molecular weight excluding hydrogens is 366 g/mol. The van der Waals surface area contributed by atoms with Gasteiger partial charge in [0.1, 0.15) is 12.1 Å². The lowest BCUT2D eigenvalue weighted by molar-refractivity contribution is -0.134. The first-order valence-corrected chi connectivity index (χ1v) is 9.97. The third kappa shape index (κ3) is 4.16. The van der Waals surface area contributed by atoms with Gasteiger partial charge in [-0.25, -0.2) is 4.79 Å². The number of nitrogens with zero attached hydrogens (tertiary/aromatic N) is 1. The quantitative estimate of drug-likeness (QED) is 0.698. The summed E-state index contributed by atoms with van der Waals surface area (Å²) in [6.07, 6.45) is 1.18. The average molecular weight is 393 g/mol. The smallest absolute Gasteiger partial charge is 0.325 e. The Morgan fingerprint density at radius 3 is 2.48 bits per heavy atom. The number of nitrogens with one attached hydrogen (secondary N) is 2. The van der Waals surface area contributed by atoms with E-state index in [1.165, 1.54) is 0 Å². The van der Waals surface area contributed by atoms with E-state index in [1.807, 2.05) is 55.5 Å². The van der Waals surface area contributed by atoms with Crippen molar-refractivity contribution in [1.82, 2.24) is 10.2 Å². The first-order valence-electron chi connectivity index (χ1n) is 9.97. The largest absolute Gasteiger partial charge is 0.325 e. The van der Waals surface area contributed by atoms with E-state index in [2.05, 4.69) is 24.5 Å². The molecule has 0 radical (unpaired) electrons. The number of amides is 4. The molecular formula is C23H27N3O3. The molecule has 6 nitrogen and oxygen atoms in total. The van der Waals surface area contributed by atoms with Gasteiger partial charge in [-0.05, 0) is 35.6 Å². The van der Waals surface area contributed by atoms with Gasteiger partial charge in [-0.1, -0.05) is 69.7 Å². The highest BCUT2D eigenvalue weighted by Gasteiger charge is 2.52. The van der Waals surface area contributed by atoms with Crippen molar-refractivity contribution in [1.29, 1.82) is 0 Å². The van der Waals surface area contributed by atoms with Crippen LogP contribution in [0.3, 0.4) is 0 Å². The van der Waals surface area contributed by atoms with Crippen molar-refractivity contribution in [3.63, 3.8) is 0 Å². The Labute approximate surface area is 171 Å². The SMILES string of the molecule is CCCC1(c2ccccc2)NC(=O)N(CC(=O)Nc2cccc(C(C)C)c2)C1=O. The zero-order valence-electron chi connectivity index (χ0n) is 17.1. The maximum atomic E-state index is 13.2. The molecule has 1 unspecified atom stereocenters. The summed E-state index contributed by atoms with van der Waals surface area (Å²) in [5.41, 5.74) is 1.36. The normalized spacial score (nSPS) is 18.8. The van der Waals surface area contributed by atoms with Crippen LogP contribution in [0.25, 0.3) is 0 Å². The van der Waals surface area contributed by atoms with Crippen LogP contribution in [0.1, 0.15) is 50.7 Å². The highest BCUT2D eigenvalue weighted by atomic mass is 16.2. The lowest BCUT2D eigenvalue weighted by Crippen LogP contribution is -2.44. The molecule has 4 amide bonds. The summed E-state index contributed by atoms with van der Waals surface area (Å²) in [7, 11) is 0. The predicted molar refractivity (Wildman–Crippen MR) is 112 cm³/mol. The highest BCUT2D eigenvalue weighted by molar-refractivity contribution is 6.10. The molecule has 0 bridgehead atoms. The number of hydrogen-bond donors (Lipinski definition) is 2. The number of rotatable bonds is 7. The Hall–Kier alpha value is -3.15. The fraction of sp³-hybridized carbons (Fsp3) is 0.348. The minimum atomic E-state index is -1.12. The minimum Gasteiger partial charge on any atom is -0.325 e. The van der Waals surface area contributed by atoms with Gasteiger partial charge >= 0.3 is 6.03 Å². The molecule has 2 aromatic carbocycles. The number of carbonyl (C=O) groups is 3. The molecule has 3 rings (SSSR count). The van der Waals surface area contributed by atoms with E-state index in [0.717, 1.165) is 16.0 Å². The van der Waals surface area contributed by atoms with Crippen LogP contribution in [0.2, 0.25) is 0 Å². The van der Waals surface area contributed by atoms with Gasteiger partial charge in [0.25, 0.3) is 5.91 Å². The van der Waals surface area contributed by atoms with Gasteiger partial charge in [-0.3, -0.25) is 14.5 Å². The number of imide groups is 1. The van der Waals surface area contributed by atoms with E-state index in [1.54, 1.807) is 6.07 Å². The van der Waals surface area contributed by atoms with Crippen molar-refractivity contribution >= 4 is 23.5 Å². The van der Waals surface area contributed by atoms with Gasteiger partial charge in [0.05, 0.1) is 0 Å². The van der Waals surface area contributed by atoms with Crippen LogP contribution >= 0.6 is 0 Å². The summed E-state index contributed by atoms with van der Waals surface area (Å²) in [6.45, 7) is 5.78. The molecule has 152 valence electrons. The van der Waals surface area contributed by atoms with Gasteiger partial charge in [-0.2, -0.15) is 0 Å². The molecule has 2 N–H and O–H groups in total. The van der Waals surface area contributed by atoms with Crippen molar-refractivity contribution in [3.8, 4) is 0 Å². The van der Waals surface area contributed by atoms with Crippen molar-refractivity contribution in [2.45, 2.75) is 45.1 Å². The zero-order chi connectivity index (χ0) is 21.0. The summed E-state index contributed by atoms with van der Waals surface area (Å²) in [6, 6.07) is 16.2. The highest BCUT2D eigenvalue weighted by Crippen LogP contribution is 2.33. The molecule has 29 heavy (non-hydrogen) atoms. The summed E-state index contributed by atoms with van der Waals surface area (Å²) in [4.78, 5) is 39.4. The number of benzene rings is 2. The minimum absolute atomic E-state index is 0.325. The fourth-order valence-electron chi connectivity index (χ4n) is 3.70. The molecule has 2 aromatic rings. The standard InChI is InChI=1S/C23H27N3O3/c1-4-13-23(18-10-6-5-7-11-18)21(28)26(22(29)25-23)15-20(27)24-19-12-8-9-17(14-19)16(2)3/h5-12,14,16H,4,13,15H2,1-3H3,(H,24,27)(H,25,29). The number of carbonyl (C=O) groups excluding carboxylic acids is 3. The molecule has 0 aromatic heterocycles. The molecule has 0 saturated carbocycles. The van der Waals surface area contributed by atoms with Gasteiger partial charge in [0, 0.05) is 5.69 Å². The molecule has 1 fully saturated rings. The first-order chi connectivity index (χ1) is 13.9. The van der Waals surface area contributed by atoms with Gasteiger partial charge in [0.2, 0.25) is 5.91 Å².